The standard InChI is InChI=1S/C18H16FN3O2S/c19-13-6-4-11(5-7-13)16-21-18(24-22-16)15-9-8-14(25-15)10-20-17(23)12-2-1-3-12/h4-9,12H,1-3,10H2,(H,20,23). The molecule has 1 aliphatic carbocycles. The van der Waals surface area contributed by atoms with Crippen LogP contribution < -0.4 is 5.32 Å². The van der Waals surface area contributed by atoms with Gasteiger partial charge in [-0.05, 0) is 49.2 Å². The molecule has 0 bridgehead atoms. The Morgan fingerprint density at radius 1 is 1.24 bits per heavy atom. The molecule has 0 atom stereocenters. The van der Waals surface area contributed by atoms with Crippen LogP contribution in [0.1, 0.15) is 24.1 Å². The van der Waals surface area contributed by atoms with E-state index in [4.69, 9.17) is 4.52 Å². The van der Waals surface area contributed by atoms with E-state index >= 15 is 0 Å². The number of nitrogens with one attached hydrogen (secondary N) is 1. The lowest BCUT2D eigenvalue weighted by Gasteiger charge is -2.23. The fourth-order valence-corrected chi connectivity index (χ4v) is 3.49. The number of nitrogens with zero attached hydrogens (tertiary/aromatic N) is 2. The van der Waals surface area contributed by atoms with Crippen molar-refractivity contribution < 1.29 is 13.7 Å². The van der Waals surface area contributed by atoms with Gasteiger partial charge in [0.1, 0.15) is 5.82 Å². The Morgan fingerprint density at radius 2 is 2.04 bits per heavy atom. The van der Waals surface area contributed by atoms with Gasteiger partial charge in [-0.3, -0.25) is 4.79 Å². The Kier molecular flexibility index (Phi) is 4.31. The summed E-state index contributed by atoms with van der Waals surface area (Å²) in [5.41, 5.74) is 0.695. The van der Waals surface area contributed by atoms with E-state index in [9.17, 15) is 9.18 Å². The van der Waals surface area contributed by atoms with Gasteiger partial charge in [-0.2, -0.15) is 4.98 Å². The number of hydrogen-bond acceptors (Lipinski definition) is 5. The van der Waals surface area contributed by atoms with Crippen LogP contribution in [0.4, 0.5) is 4.39 Å². The average Bonchev–Trinajstić information content (AvgIpc) is 3.21. The molecule has 1 amide bonds. The van der Waals surface area contributed by atoms with Crippen molar-refractivity contribution in [3.63, 3.8) is 0 Å². The third kappa shape index (κ3) is 3.46. The number of hydrogen-bond donors (Lipinski definition) is 1. The number of benzene rings is 1. The zero-order valence-corrected chi connectivity index (χ0v) is 14.2. The first-order chi connectivity index (χ1) is 12.2. The Labute approximate surface area is 147 Å². The highest BCUT2D eigenvalue weighted by Crippen LogP contribution is 2.29. The third-order valence-corrected chi connectivity index (χ3v) is 5.39. The number of carbonyl (C=O) groups is 1. The molecule has 4 rings (SSSR count). The molecule has 0 unspecified atom stereocenters. The summed E-state index contributed by atoms with van der Waals surface area (Å²) in [6.45, 7) is 0.513. The van der Waals surface area contributed by atoms with E-state index in [0.717, 1.165) is 29.0 Å². The molecule has 25 heavy (non-hydrogen) atoms. The lowest BCUT2D eigenvalue weighted by atomic mass is 9.85. The second kappa shape index (κ2) is 6.76. The molecule has 1 aliphatic rings. The van der Waals surface area contributed by atoms with Crippen LogP contribution in [-0.4, -0.2) is 16.0 Å². The van der Waals surface area contributed by atoms with Crippen LogP contribution in [0.5, 0.6) is 0 Å². The smallest absolute Gasteiger partial charge is 0.268 e. The Hall–Kier alpha value is -2.54. The summed E-state index contributed by atoms with van der Waals surface area (Å²) in [6, 6.07) is 9.79. The maximum absolute atomic E-state index is 13.0. The predicted molar refractivity (Wildman–Crippen MR) is 92.2 cm³/mol. The molecule has 0 spiro atoms. The van der Waals surface area contributed by atoms with Crippen LogP contribution in [0.15, 0.2) is 40.9 Å². The largest absolute Gasteiger partial charge is 0.351 e. The Bertz CT molecular complexity index is 884. The molecule has 7 heteroatoms. The van der Waals surface area contributed by atoms with Crippen molar-refractivity contribution in [2.24, 2.45) is 5.92 Å². The summed E-state index contributed by atoms with van der Waals surface area (Å²) in [4.78, 5) is 18.1. The van der Waals surface area contributed by atoms with Crippen molar-refractivity contribution in [2.45, 2.75) is 25.8 Å². The van der Waals surface area contributed by atoms with E-state index in [0.29, 0.717) is 23.8 Å². The molecule has 2 heterocycles. The summed E-state index contributed by atoms with van der Waals surface area (Å²) in [6.07, 6.45) is 3.14. The van der Waals surface area contributed by atoms with Crippen LogP contribution in [0.2, 0.25) is 0 Å². The first-order valence-corrected chi connectivity index (χ1v) is 8.97. The lowest BCUT2D eigenvalue weighted by molar-refractivity contribution is -0.127. The zero-order chi connectivity index (χ0) is 17.2. The van der Waals surface area contributed by atoms with Gasteiger partial charge in [-0.1, -0.05) is 11.6 Å². The monoisotopic (exact) mass is 357 g/mol. The maximum atomic E-state index is 13.0. The summed E-state index contributed by atoms with van der Waals surface area (Å²) in [7, 11) is 0. The number of thiophene rings is 1. The van der Waals surface area contributed by atoms with Gasteiger partial charge < -0.3 is 9.84 Å². The minimum atomic E-state index is -0.306. The molecule has 1 N–H and O–H groups in total. The van der Waals surface area contributed by atoms with Gasteiger partial charge >= 0.3 is 0 Å². The van der Waals surface area contributed by atoms with Gasteiger partial charge in [-0.25, -0.2) is 4.39 Å². The molecular formula is C18H16FN3O2S. The number of carbonyl (C=O) groups excluding carboxylic acids is 1. The zero-order valence-electron chi connectivity index (χ0n) is 13.4. The minimum absolute atomic E-state index is 0.137. The fourth-order valence-electron chi connectivity index (χ4n) is 2.62. The lowest BCUT2D eigenvalue weighted by Crippen LogP contribution is -2.33. The van der Waals surface area contributed by atoms with E-state index < -0.39 is 0 Å². The summed E-state index contributed by atoms with van der Waals surface area (Å²) in [5, 5.41) is 6.92. The van der Waals surface area contributed by atoms with Gasteiger partial charge in [0.25, 0.3) is 5.89 Å². The normalized spacial score (nSPS) is 14.3. The molecule has 0 aliphatic heterocycles. The minimum Gasteiger partial charge on any atom is -0.351 e. The summed E-state index contributed by atoms with van der Waals surface area (Å²) < 4.78 is 18.3. The molecule has 1 saturated carbocycles. The highest BCUT2D eigenvalue weighted by Gasteiger charge is 2.24. The maximum Gasteiger partial charge on any atom is 0.268 e. The molecule has 3 aromatic rings. The molecular weight excluding hydrogens is 341 g/mol. The Balaban J connectivity index is 1.43. The second-order valence-electron chi connectivity index (χ2n) is 6.04. The number of rotatable bonds is 5. The highest BCUT2D eigenvalue weighted by molar-refractivity contribution is 7.15. The van der Waals surface area contributed by atoms with Crippen LogP contribution >= 0.6 is 11.3 Å². The van der Waals surface area contributed by atoms with E-state index in [1.165, 1.54) is 23.5 Å². The molecule has 0 radical (unpaired) electrons. The van der Waals surface area contributed by atoms with Crippen molar-refractivity contribution in [2.75, 3.05) is 0 Å². The molecule has 1 fully saturated rings. The highest BCUT2D eigenvalue weighted by atomic mass is 32.1. The third-order valence-electron chi connectivity index (χ3n) is 4.31. The van der Waals surface area contributed by atoms with E-state index in [1.54, 1.807) is 12.1 Å². The molecule has 1 aromatic carbocycles. The number of amides is 1. The van der Waals surface area contributed by atoms with Crippen LogP contribution in [0.3, 0.4) is 0 Å². The molecule has 128 valence electrons. The van der Waals surface area contributed by atoms with Crippen molar-refractivity contribution in [1.82, 2.24) is 15.5 Å². The van der Waals surface area contributed by atoms with Crippen molar-refractivity contribution in [3.8, 4) is 22.2 Å². The fraction of sp³-hybridized carbons (Fsp3) is 0.278. The first kappa shape index (κ1) is 16.0. The van der Waals surface area contributed by atoms with Crippen molar-refractivity contribution in [1.29, 1.82) is 0 Å². The van der Waals surface area contributed by atoms with E-state index in [2.05, 4.69) is 15.5 Å². The van der Waals surface area contributed by atoms with Gasteiger partial charge in [0.2, 0.25) is 11.7 Å². The summed E-state index contributed by atoms with van der Waals surface area (Å²) in [5.74, 6) is 0.856. The van der Waals surface area contributed by atoms with Gasteiger partial charge in [-0.15, -0.1) is 11.3 Å². The van der Waals surface area contributed by atoms with Crippen molar-refractivity contribution >= 4 is 17.2 Å². The number of halogens is 1. The van der Waals surface area contributed by atoms with Crippen LogP contribution in [-0.2, 0) is 11.3 Å². The molecule has 2 aromatic heterocycles. The van der Waals surface area contributed by atoms with Crippen molar-refractivity contribution in [3.05, 3.63) is 47.1 Å². The SMILES string of the molecule is O=C(NCc1ccc(-c2nc(-c3ccc(F)cc3)no2)s1)C1CCC1. The summed E-state index contributed by atoms with van der Waals surface area (Å²) >= 11 is 1.51. The van der Waals surface area contributed by atoms with Crippen LogP contribution in [0.25, 0.3) is 22.2 Å². The van der Waals surface area contributed by atoms with Gasteiger partial charge in [0, 0.05) is 16.4 Å². The molecule has 0 saturated heterocycles. The Morgan fingerprint density at radius 3 is 2.76 bits per heavy atom. The van der Waals surface area contributed by atoms with E-state index in [1.807, 2.05) is 12.1 Å². The predicted octanol–water partition coefficient (Wildman–Crippen LogP) is 4.02. The first-order valence-electron chi connectivity index (χ1n) is 8.15. The molecule has 5 nitrogen and oxygen atoms in total. The quantitative estimate of drug-likeness (QED) is 0.749. The topological polar surface area (TPSA) is 68.0 Å². The van der Waals surface area contributed by atoms with Crippen LogP contribution in [0, 0.1) is 11.7 Å². The van der Waals surface area contributed by atoms with E-state index in [-0.39, 0.29) is 17.6 Å². The number of aromatic nitrogens is 2. The second-order valence-corrected chi connectivity index (χ2v) is 7.21. The van der Waals surface area contributed by atoms with Gasteiger partial charge in [0.15, 0.2) is 0 Å². The average molecular weight is 357 g/mol. The van der Waals surface area contributed by atoms with Gasteiger partial charge in [0.05, 0.1) is 11.4 Å².